The van der Waals surface area contributed by atoms with Crippen LogP contribution in [0.2, 0.25) is 0 Å². The van der Waals surface area contributed by atoms with Crippen LogP contribution in [0.4, 0.5) is 17.2 Å². The summed E-state index contributed by atoms with van der Waals surface area (Å²) in [4.78, 5) is 16.5. The quantitative estimate of drug-likeness (QED) is 0.102. The molecule has 2 heterocycles. The number of alkyl halides is 1. The lowest BCUT2D eigenvalue weighted by molar-refractivity contribution is 0.112. The van der Waals surface area contributed by atoms with Gasteiger partial charge in [-0.15, -0.1) is 11.6 Å². The van der Waals surface area contributed by atoms with Crippen LogP contribution in [0.5, 0.6) is 5.88 Å². The number of benzene rings is 1. The lowest BCUT2D eigenvalue weighted by Crippen LogP contribution is -2.24. The Kier molecular flexibility index (Phi) is 15.5. The molecule has 0 atom stereocenters. The molecule has 38 heavy (non-hydrogen) atoms. The molecule has 210 valence electrons. The number of nitrogens with two attached hydrogens (primary N) is 1. The number of anilines is 3. The van der Waals surface area contributed by atoms with Crippen LogP contribution in [0.1, 0.15) is 45.0 Å². The number of carbonyl (C=O) groups is 1. The van der Waals surface area contributed by atoms with E-state index in [-0.39, 0.29) is 5.54 Å². The van der Waals surface area contributed by atoms with Crippen molar-refractivity contribution in [3.8, 4) is 17.1 Å². The molecule has 0 aliphatic heterocycles. The lowest BCUT2D eigenvalue weighted by Gasteiger charge is -2.23. The summed E-state index contributed by atoms with van der Waals surface area (Å²) in [5.41, 5.74) is 7.75. The van der Waals surface area contributed by atoms with Gasteiger partial charge in [0, 0.05) is 47.9 Å². The number of pyridine rings is 1. The van der Waals surface area contributed by atoms with Crippen molar-refractivity contribution in [2.75, 3.05) is 49.0 Å². The van der Waals surface area contributed by atoms with Gasteiger partial charge < -0.3 is 25.2 Å². The van der Waals surface area contributed by atoms with Crippen molar-refractivity contribution in [1.82, 2.24) is 14.8 Å². The van der Waals surface area contributed by atoms with Crippen LogP contribution in [0.25, 0.3) is 11.3 Å². The average molecular weight is 565 g/mol. The number of nitrogens with one attached hydrogen (secondary N) is 2. The summed E-state index contributed by atoms with van der Waals surface area (Å²) in [6, 6.07) is 11.4. The first-order valence-corrected chi connectivity index (χ1v) is 13.9. The maximum atomic E-state index is 12.3. The molecule has 3 rings (SSSR count). The minimum absolute atomic E-state index is 0.372. The number of rotatable bonds is 12. The van der Waals surface area contributed by atoms with Crippen LogP contribution in [-0.4, -0.2) is 60.1 Å². The standard InChI is InChI=1S/C24H30ClN5O3S.C2H6.CH5N/c1-24(2,3)30-23(27-19-9-11-26-21(15-19)33-13-12-32-4)20(16-31)22(28-30)17-5-7-18(8-6-17)29-34-14-10-25;2*1-2/h5-9,11,15-16,29H,10,12-14H2,1-4H3,(H,26,27);1-2H3;2H2,1H3. The lowest BCUT2D eigenvalue weighted by atomic mass is 10.1. The second kappa shape index (κ2) is 17.7. The molecule has 1 aromatic carbocycles. The van der Waals surface area contributed by atoms with E-state index >= 15 is 0 Å². The number of carbonyl (C=O) groups excluding carboxylic acids is 1. The van der Waals surface area contributed by atoms with E-state index in [9.17, 15) is 4.79 Å². The Balaban J connectivity index is 0.00000172. The Morgan fingerprint density at radius 1 is 1.11 bits per heavy atom. The molecule has 0 unspecified atom stereocenters. The first-order valence-electron chi connectivity index (χ1n) is 12.4. The zero-order valence-corrected chi connectivity index (χ0v) is 24.9. The zero-order valence-electron chi connectivity index (χ0n) is 23.4. The third kappa shape index (κ3) is 9.83. The second-order valence-electron chi connectivity index (χ2n) is 8.38. The third-order valence-electron chi connectivity index (χ3n) is 4.74. The Hall–Kier alpha value is -2.79. The highest BCUT2D eigenvalue weighted by atomic mass is 35.5. The summed E-state index contributed by atoms with van der Waals surface area (Å²) in [5.74, 6) is 2.45. The molecule has 0 fully saturated rings. The van der Waals surface area contributed by atoms with Gasteiger partial charge in [0.2, 0.25) is 5.88 Å². The summed E-state index contributed by atoms with van der Waals surface area (Å²) in [5, 5.41) is 8.18. The minimum atomic E-state index is -0.372. The van der Waals surface area contributed by atoms with Crippen molar-refractivity contribution >= 4 is 47.0 Å². The van der Waals surface area contributed by atoms with Gasteiger partial charge in [-0.05, 0) is 46.0 Å². The minimum Gasteiger partial charge on any atom is -0.475 e. The van der Waals surface area contributed by atoms with Crippen LogP contribution in [-0.2, 0) is 10.3 Å². The summed E-state index contributed by atoms with van der Waals surface area (Å²) in [6.45, 7) is 11.0. The molecule has 0 radical (unpaired) electrons. The predicted molar refractivity (Wildman–Crippen MR) is 161 cm³/mol. The van der Waals surface area contributed by atoms with Gasteiger partial charge in [-0.1, -0.05) is 37.9 Å². The Morgan fingerprint density at radius 2 is 1.79 bits per heavy atom. The summed E-state index contributed by atoms with van der Waals surface area (Å²) >= 11 is 7.27. The smallest absolute Gasteiger partial charge is 0.215 e. The first kappa shape index (κ1) is 33.2. The van der Waals surface area contributed by atoms with Gasteiger partial charge in [0.15, 0.2) is 6.29 Å². The van der Waals surface area contributed by atoms with E-state index in [0.717, 1.165) is 29.0 Å². The Labute approximate surface area is 236 Å². The molecule has 0 saturated heterocycles. The summed E-state index contributed by atoms with van der Waals surface area (Å²) < 4.78 is 15.7. The van der Waals surface area contributed by atoms with Crippen molar-refractivity contribution in [3.63, 3.8) is 0 Å². The predicted octanol–water partition coefficient (Wildman–Crippen LogP) is 6.18. The maximum Gasteiger partial charge on any atom is 0.215 e. The first-order chi connectivity index (χ1) is 18.4. The monoisotopic (exact) mass is 564 g/mol. The van der Waals surface area contributed by atoms with Gasteiger partial charge in [0.25, 0.3) is 0 Å². The Morgan fingerprint density at radius 3 is 2.37 bits per heavy atom. The molecule has 0 aliphatic rings. The van der Waals surface area contributed by atoms with Crippen molar-refractivity contribution in [2.24, 2.45) is 5.73 Å². The largest absolute Gasteiger partial charge is 0.475 e. The van der Waals surface area contributed by atoms with Gasteiger partial charge in [-0.25, -0.2) is 9.67 Å². The molecule has 0 bridgehead atoms. The number of hydrogen-bond acceptors (Lipinski definition) is 9. The van der Waals surface area contributed by atoms with Crippen LogP contribution in [0, 0.1) is 0 Å². The van der Waals surface area contributed by atoms with Gasteiger partial charge >= 0.3 is 0 Å². The van der Waals surface area contributed by atoms with E-state index in [0.29, 0.717) is 42.0 Å². The summed E-state index contributed by atoms with van der Waals surface area (Å²) in [6.07, 6.45) is 2.49. The van der Waals surface area contributed by atoms with Gasteiger partial charge in [0.05, 0.1) is 17.7 Å². The number of aromatic nitrogens is 3. The molecule has 4 N–H and O–H groups in total. The second-order valence-corrected chi connectivity index (χ2v) is 9.66. The molecule has 3 aromatic rings. The number of halogens is 1. The number of ether oxygens (including phenoxy) is 2. The highest BCUT2D eigenvalue weighted by Gasteiger charge is 2.26. The van der Waals surface area contributed by atoms with Crippen molar-refractivity contribution in [3.05, 3.63) is 48.2 Å². The number of aldehydes is 1. The normalized spacial score (nSPS) is 10.4. The fourth-order valence-corrected chi connectivity index (χ4v) is 3.88. The summed E-state index contributed by atoms with van der Waals surface area (Å²) in [7, 11) is 3.12. The van der Waals surface area contributed by atoms with E-state index in [1.165, 1.54) is 7.05 Å². The molecule has 0 aliphatic carbocycles. The molecule has 11 heteroatoms. The van der Waals surface area contributed by atoms with Crippen molar-refractivity contribution in [2.45, 2.75) is 40.2 Å². The highest BCUT2D eigenvalue weighted by Crippen LogP contribution is 2.34. The van der Waals surface area contributed by atoms with E-state index in [1.54, 1.807) is 31.3 Å². The molecular formula is C27H41ClN6O3S. The van der Waals surface area contributed by atoms with Crippen LogP contribution < -0.4 is 20.5 Å². The topological polar surface area (TPSA) is 116 Å². The van der Waals surface area contributed by atoms with Crippen LogP contribution in [0.3, 0.4) is 0 Å². The van der Waals surface area contributed by atoms with Gasteiger partial charge in [-0.3, -0.25) is 4.79 Å². The van der Waals surface area contributed by atoms with E-state index in [2.05, 4.69) is 20.8 Å². The molecule has 0 saturated carbocycles. The van der Waals surface area contributed by atoms with E-state index in [4.69, 9.17) is 26.2 Å². The van der Waals surface area contributed by atoms with Gasteiger partial charge in [-0.2, -0.15) is 5.10 Å². The zero-order chi connectivity index (χ0) is 28.6. The Bertz CT molecular complexity index is 1090. The third-order valence-corrected chi connectivity index (χ3v) is 5.94. The molecule has 0 spiro atoms. The average Bonchev–Trinajstić information content (AvgIpc) is 3.30. The van der Waals surface area contributed by atoms with Crippen LogP contribution in [0.15, 0.2) is 42.6 Å². The fraction of sp³-hybridized carbons (Fsp3) is 0.444. The number of nitrogens with zero attached hydrogens (tertiary/aromatic N) is 3. The van der Waals surface area contributed by atoms with Crippen LogP contribution >= 0.6 is 23.5 Å². The molecule has 9 nitrogen and oxygen atoms in total. The van der Waals surface area contributed by atoms with Gasteiger partial charge in [0.1, 0.15) is 18.1 Å². The molecule has 2 aromatic heterocycles. The van der Waals surface area contributed by atoms with E-state index < -0.39 is 0 Å². The van der Waals surface area contributed by atoms with Crippen molar-refractivity contribution < 1.29 is 14.3 Å². The highest BCUT2D eigenvalue weighted by molar-refractivity contribution is 8.00. The molecule has 0 amide bonds. The number of methoxy groups -OCH3 is 1. The SMILES string of the molecule is CC.CN.COCCOc1cc(Nc2c(C=O)c(-c3ccc(NSCCCl)cc3)nn2C(C)(C)C)ccn1. The number of hydrogen-bond donors (Lipinski definition) is 3. The van der Waals surface area contributed by atoms with Crippen molar-refractivity contribution in [1.29, 1.82) is 0 Å². The fourth-order valence-electron chi connectivity index (χ4n) is 3.16. The van der Waals surface area contributed by atoms with E-state index in [1.807, 2.05) is 69.6 Å². The maximum absolute atomic E-state index is 12.3. The molecular weight excluding hydrogens is 524 g/mol.